The predicted molar refractivity (Wildman–Crippen MR) is 162 cm³/mol. The van der Waals surface area contributed by atoms with Crippen LogP contribution in [0.1, 0.15) is 16.7 Å². The number of rotatable bonds is 7. The topological polar surface area (TPSA) is 28.0 Å². The molecule has 0 unspecified atom stereocenters. The Kier molecular flexibility index (Phi) is 6.41. The molecular formula is C35H29N3. The highest BCUT2D eigenvalue weighted by Gasteiger charge is 2.24. The second kappa shape index (κ2) is 10.3. The van der Waals surface area contributed by atoms with E-state index in [0.29, 0.717) is 0 Å². The zero-order valence-corrected chi connectivity index (χ0v) is 21.3. The molecule has 3 nitrogen and oxygen atoms in total. The number of aryl methyl sites for hydroxylation is 2. The van der Waals surface area contributed by atoms with Gasteiger partial charge in [-0.15, -0.1) is 0 Å². The maximum absolute atomic E-state index is 4.29. The molecule has 1 aliphatic heterocycles. The molecule has 38 heavy (non-hydrogen) atoms. The van der Waals surface area contributed by atoms with Crippen LogP contribution in [0.2, 0.25) is 0 Å². The molecule has 1 aliphatic rings. The molecule has 3 heteroatoms. The van der Waals surface area contributed by atoms with Gasteiger partial charge in [-0.05, 0) is 90.0 Å². The van der Waals surface area contributed by atoms with Gasteiger partial charge in [0.25, 0.3) is 0 Å². The molecule has 0 atom stereocenters. The molecular weight excluding hydrogens is 462 g/mol. The van der Waals surface area contributed by atoms with E-state index in [1.54, 1.807) is 0 Å². The number of anilines is 2. The molecule has 0 saturated carbocycles. The van der Waals surface area contributed by atoms with E-state index in [9.17, 15) is 0 Å². The first-order valence-electron chi connectivity index (χ1n) is 12.9. The summed E-state index contributed by atoms with van der Waals surface area (Å²) in [5.41, 5.74) is 13.0. The Morgan fingerprint density at radius 2 is 1.24 bits per heavy atom. The normalized spacial score (nSPS) is 11.9. The zero-order valence-electron chi connectivity index (χ0n) is 21.3. The van der Waals surface area contributed by atoms with Crippen LogP contribution in [0.4, 0.5) is 22.7 Å². The van der Waals surface area contributed by atoms with E-state index in [4.69, 9.17) is 0 Å². The Morgan fingerprint density at radius 1 is 0.579 bits per heavy atom. The molecule has 5 aromatic rings. The summed E-state index contributed by atoms with van der Waals surface area (Å²) in [5.74, 6) is 0. The molecule has 6 rings (SSSR count). The van der Waals surface area contributed by atoms with Gasteiger partial charge < -0.3 is 4.90 Å². The van der Waals surface area contributed by atoms with Gasteiger partial charge in [0.2, 0.25) is 0 Å². The molecule has 0 N–H and O–H groups in total. The summed E-state index contributed by atoms with van der Waals surface area (Å²) in [6.45, 7) is 8.29. The van der Waals surface area contributed by atoms with E-state index in [2.05, 4.69) is 119 Å². The first-order valence-corrected chi connectivity index (χ1v) is 12.9. The largest absolute Gasteiger partial charge is 0.335 e. The summed E-state index contributed by atoms with van der Waals surface area (Å²) >= 11 is 0. The number of nitrogens with zero attached hydrogens (tertiary/aromatic N) is 3. The number of fused-ring (bicyclic) bond motifs is 3. The van der Waals surface area contributed by atoms with Crippen molar-refractivity contribution in [3.63, 3.8) is 0 Å². The maximum Gasteiger partial charge on any atom is 0.0859 e. The van der Waals surface area contributed by atoms with Crippen LogP contribution in [-0.2, 0) is 19.4 Å². The second-order valence-electron chi connectivity index (χ2n) is 9.61. The number of para-hydroxylation sites is 4. The highest BCUT2D eigenvalue weighted by Crippen LogP contribution is 2.45. The molecule has 0 aromatic heterocycles. The van der Waals surface area contributed by atoms with Crippen LogP contribution in [-0.4, -0.2) is 13.4 Å². The first-order chi connectivity index (χ1) is 18.7. The van der Waals surface area contributed by atoms with Crippen molar-refractivity contribution in [2.24, 2.45) is 9.98 Å². The van der Waals surface area contributed by atoms with Gasteiger partial charge in [0.05, 0.1) is 17.1 Å². The second-order valence-corrected chi connectivity index (χ2v) is 9.61. The van der Waals surface area contributed by atoms with Crippen LogP contribution in [0.15, 0.2) is 125 Å². The van der Waals surface area contributed by atoms with Gasteiger partial charge >= 0.3 is 0 Å². The summed E-state index contributed by atoms with van der Waals surface area (Å²) < 4.78 is 0. The number of hydrogen-bond donors (Lipinski definition) is 0. The average molecular weight is 492 g/mol. The van der Waals surface area contributed by atoms with Gasteiger partial charge in [0.1, 0.15) is 0 Å². The van der Waals surface area contributed by atoms with Crippen LogP contribution in [0.3, 0.4) is 0 Å². The minimum absolute atomic E-state index is 0.779. The van der Waals surface area contributed by atoms with E-state index < -0.39 is 0 Å². The minimum Gasteiger partial charge on any atom is -0.335 e. The first kappa shape index (κ1) is 23.6. The highest BCUT2D eigenvalue weighted by molar-refractivity contribution is 5.90. The third kappa shape index (κ3) is 4.44. The monoisotopic (exact) mass is 491 g/mol. The van der Waals surface area contributed by atoms with Crippen molar-refractivity contribution in [2.45, 2.75) is 19.4 Å². The number of aliphatic imine (C=N–C) groups is 2. The van der Waals surface area contributed by atoms with Gasteiger partial charge in [-0.3, -0.25) is 9.98 Å². The highest BCUT2D eigenvalue weighted by atomic mass is 15.2. The fourth-order valence-electron chi connectivity index (χ4n) is 5.42. The standard InChI is InChI=1S/C35H29N3/c1-36-32-11-5-3-9-27(32)20-17-25-15-18-26(19-16-25)28-21-22-30-29(23-28)24-38(34-13-7-4-10-31(30)34)35-14-8-6-12-33(35)37-2/h3-16,18-19,21-23H,1-2,17,20,24H2. The van der Waals surface area contributed by atoms with Crippen molar-refractivity contribution in [1.29, 1.82) is 0 Å². The lowest BCUT2D eigenvalue weighted by atomic mass is 9.90. The summed E-state index contributed by atoms with van der Waals surface area (Å²) in [6, 6.07) is 40.9. The van der Waals surface area contributed by atoms with Crippen LogP contribution in [0.5, 0.6) is 0 Å². The quantitative estimate of drug-likeness (QED) is 0.209. The van der Waals surface area contributed by atoms with E-state index in [1.807, 2.05) is 24.3 Å². The number of benzene rings is 5. The van der Waals surface area contributed by atoms with Crippen molar-refractivity contribution in [1.82, 2.24) is 0 Å². The van der Waals surface area contributed by atoms with Crippen LogP contribution in [0, 0.1) is 0 Å². The lowest BCUT2D eigenvalue weighted by Crippen LogP contribution is -2.21. The predicted octanol–water partition coefficient (Wildman–Crippen LogP) is 9.12. The fourth-order valence-corrected chi connectivity index (χ4v) is 5.42. The van der Waals surface area contributed by atoms with Gasteiger partial charge in [-0.2, -0.15) is 0 Å². The lowest BCUT2D eigenvalue weighted by molar-refractivity contribution is 0.959. The number of hydrogen-bond acceptors (Lipinski definition) is 3. The molecule has 5 aromatic carbocycles. The van der Waals surface area contributed by atoms with Crippen molar-refractivity contribution in [2.75, 3.05) is 4.90 Å². The Labute approximate surface area is 224 Å². The van der Waals surface area contributed by atoms with E-state index in [0.717, 1.165) is 36.4 Å². The van der Waals surface area contributed by atoms with Crippen molar-refractivity contribution in [3.8, 4) is 22.3 Å². The smallest absolute Gasteiger partial charge is 0.0859 e. The van der Waals surface area contributed by atoms with Crippen LogP contribution < -0.4 is 4.90 Å². The van der Waals surface area contributed by atoms with E-state index in [1.165, 1.54) is 44.6 Å². The molecule has 0 saturated heterocycles. The summed E-state index contributed by atoms with van der Waals surface area (Å²) in [6.07, 6.45) is 1.92. The third-order valence-electron chi connectivity index (χ3n) is 7.39. The Bertz CT molecular complexity index is 1630. The lowest BCUT2D eigenvalue weighted by Gasteiger charge is -2.34. The summed E-state index contributed by atoms with van der Waals surface area (Å²) in [4.78, 5) is 10.8. The summed E-state index contributed by atoms with van der Waals surface area (Å²) in [5, 5.41) is 0. The molecule has 1 heterocycles. The molecule has 0 bridgehead atoms. The van der Waals surface area contributed by atoms with E-state index in [-0.39, 0.29) is 0 Å². The maximum atomic E-state index is 4.29. The molecule has 0 radical (unpaired) electrons. The Hall–Kier alpha value is -4.76. The zero-order chi connectivity index (χ0) is 25.9. The van der Waals surface area contributed by atoms with Crippen LogP contribution in [0.25, 0.3) is 22.3 Å². The molecule has 0 aliphatic carbocycles. The van der Waals surface area contributed by atoms with Crippen molar-refractivity contribution in [3.05, 3.63) is 132 Å². The minimum atomic E-state index is 0.779. The SMILES string of the molecule is C=Nc1ccccc1CCc1ccc(-c2ccc3c(c2)CN(c2ccccc2N=C)c2ccccc2-3)cc1. The van der Waals surface area contributed by atoms with Gasteiger partial charge in [0, 0.05) is 17.8 Å². The van der Waals surface area contributed by atoms with Gasteiger partial charge in [-0.25, -0.2) is 0 Å². The van der Waals surface area contributed by atoms with Crippen LogP contribution >= 0.6 is 0 Å². The molecule has 0 fully saturated rings. The van der Waals surface area contributed by atoms with Crippen molar-refractivity contribution < 1.29 is 0 Å². The Morgan fingerprint density at radius 3 is 2.03 bits per heavy atom. The van der Waals surface area contributed by atoms with E-state index >= 15 is 0 Å². The fraction of sp³-hybridized carbons (Fsp3) is 0.0857. The third-order valence-corrected chi connectivity index (χ3v) is 7.39. The van der Waals surface area contributed by atoms with Gasteiger partial charge in [0.15, 0.2) is 0 Å². The summed E-state index contributed by atoms with van der Waals surface area (Å²) in [7, 11) is 0. The van der Waals surface area contributed by atoms with Crippen molar-refractivity contribution >= 4 is 36.2 Å². The molecule has 184 valence electrons. The molecule has 0 amide bonds. The Balaban J connectivity index is 1.29. The molecule has 0 spiro atoms. The average Bonchev–Trinajstić information content (AvgIpc) is 2.99. The van der Waals surface area contributed by atoms with Gasteiger partial charge in [-0.1, -0.05) is 84.9 Å².